The van der Waals surface area contributed by atoms with E-state index in [1.165, 1.54) is 6.07 Å². The molecule has 0 unspecified atom stereocenters. The van der Waals surface area contributed by atoms with Gasteiger partial charge in [0, 0.05) is 23.4 Å². The van der Waals surface area contributed by atoms with Gasteiger partial charge in [-0.25, -0.2) is 4.68 Å². The van der Waals surface area contributed by atoms with E-state index >= 15 is 0 Å². The SMILES string of the molecule is C=C(O)c1ccc(-n2cc(-c3ccccc3[N+](=O)[O-])cn2)cc1. The molecule has 0 saturated heterocycles. The van der Waals surface area contributed by atoms with Crippen molar-refractivity contribution in [2.24, 2.45) is 0 Å². The molecule has 0 amide bonds. The van der Waals surface area contributed by atoms with E-state index in [1.807, 2.05) is 0 Å². The normalized spacial score (nSPS) is 10.4. The van der Waals surface area contributed by atoms with Crippen molar-refractivity contribution in [2.75, 3.05) is 0 Å². The van der Waals surface area contributed by atoms with Gasteiger partial charge in [0.15, 0.2) is 0 Å². The topological polar surface area (TPSA) is 81.2 Å². The largest absolute Gasteiger partial charge is 0.508 e. The molecule has 0 aliphatic carbocycles. The molecular formula is C17H13N3O3. The van der Waals surface area contributed by atoms with E-state index in [-0.39, 0.29) is 11.4 Å². The third kappa shape index (κ3) is 2.82. The first-order chi connectivity index (χ1) is 11.1. The van der Waals surface area contributed by atoms with E-state index in [4.69, 9.17) is 0 Å². The number of aliphatic hydroxyl groups is 1. The number of hydrogen-bond donors (Lipinski definition) is 1. The molecule has 0 aliphatic heterocycles. The first-order valence-electron chi connectivity index (χ1n) is 6.83. The van der Waals surface area contributed by atoms with Gasteiger partial charge in [0.05, 0.1) is 22.4 Å². The van der Waals surface area contributed by atoms with Gasteiger partial charge in [-0.15, -0.1) is 0 Å². The molecule has 0 saturated carbocycles. The van der Waals surface area contributed by atoms with Crippen LogP contribution in [0.25, 0.3) is 22.6 Å². The zero-order valence-electron chi connectivity index (χ0n) is 12.1. The van der Waals surface area contributed by atoms with Crippen LogP contribution in [0.1, 0.15) is 5.56 Å². The van der Waals surface area contributed by atoms with E-state index < -0.39 is 4.92 Å². The summed E-state index contributed by atoms with van der Waals surface area (Å²) >= 11 is 0. The Morgan fingerprint density at radius 2 is 1.87 bits per heavy atom. The second kappa shape index (κ2) is 5.76. The molecule has 0 radical (unpaired) electrons. The number of nitro groups is 1. The molecule has 23 heavy (non-hydrogen) atoms. The molecule has 3 rings (SSSR count). The van der Waals surface area contributed by atoms with Crippen LogP contribution in [0.5, 0.6) is 0 Å². The van der Waals surface area contributed by atoms with Gasteiger partial charge in [-0.3, -0.25) is 10.1 Å². The van der Waals surface area contributed by atoms with Crippen molar-refractivity contribution in [1.82, 2.24) is 9.78 Å². The number of rotatable bonds is 4. The van der Waals surface area contributed by atoms with Crippen molar-refractivity contribution in [3.8, 4) is 16.8 Å². The minimum absolute atomic E-state index is 0.00221. The van der Waals surface area contributed by atoms with Gasteiger partial charge in [-0.05, 0) is 30.3 Å². The Hall–Kier alpha value is -3.41. The fourth-order valence-electron chi connectivity index (χ4n) is 2.29. The summed E-state index contributed by atoms with van der Waals surface area (Å²) in [6.45, 7) is 3.47. The van der Waals surface area contributed by atoms with E-state index in [2.05, 4.69) is 11.7 Å². The number of benzene rings is 2. The monoisotopic (exact) mass is 307 g/mol. The Bertz CT molecular complexity index is 882. The average Bonchev–Trinajstić information content (AvgIpc) is 3.04. The maximum Gasteiger partial charge on any atom is 0.277 e. The summed E-state index contributed by atoms with van der Waals surface area (Å²) in [5.74, 6) is -0.00221. The van der Waals surface area contributed by atoms with Crippen molar-refractivity contribution in [3.63, 3.8) is 0 Å². The van der Waals surface area contributed by atoms with Crippen LogP contribution in [0.4, 0.5) is 5.69 Å². The van der Waals surface area contributed by atoms with E-state index in [1.54, 1.807) is 59.5 Å². The van der Waals surface area contributed by atoms with Crippen molar-refractivity contribution < 1.29 is 10.0 Å². The smallest absolute Gasteiger partial charge is 0.277 e. The predicted octanol–water partition coefficient (Wildman–Crippen LogP) is 3.98. The fraction of sp³-hybridized carbons (Fsp3) is 0. The lowest BCUT2D eigenvalue weighted by molar-refractivity contribution is -0.384. The third-order valence-electron chi connectivity index (χ3n) is 3.46. The zero-order valence-corrected chi connectivity index (χ0v) is 12.1. The maximum atomic E-state index is 11.1. The summed E-state index contributed by atoms with van der Waals surface area (Å²) in [6, 6.07) is 13.6. The standard InChI is InChI=1S/C17H13N3O3/c1-12(21)13-6-8-15(9-7-13)19-11-14(10-18-19)16-4-2-3-5-17(16)20(22)23/h2-11,21H,1H2. The lowest BCUT2D eigenvalue weighted by Crippen LogP contribution is -1.94. The fourth-order valence-corrected chi connectivity index (χ4v) is 2.29. The lowest BCUT2D eigenvalue weighted by Gasteiger charge is -2.03. The van der Waals surface area contributed by atoms with Crippen LogP contribution < -0.4 is 0 Å². The summed E-state index contributed by atoms with van der Waals surface area (Å²) < 4.78 is 1.62. The van der Waals surface area contributed by atoms with Crippen molar-refractivity contribution in [3.05, 3.63) is 83.2 Å². The van der Waals surface area contributed by atoms with Crippen LogP contribution in [0.3, 0.4) is 0 Å². The van der Waals surface area contributed by atoms with Crippen molar-refractivity contribution >= 4 is 11.4 Å². The second-order valence-electron chi connectivity index (χ2n) is 4.94. The van der Waals surface area contributed by atoms with Crippen LogP contribution >= 0.6 is 0 Å². The van der Waals surface area contributed by atoms with Gasteiger partial charge in [0.25, 0.3) is 5.69 Å². The first kappa shape index (κ1) is 14.5. The number of hydrogen-bond acceptors (Lipinski definition) is 4. The van der Waals surface area contributed by atoms with Gasteiger partial charge >= 0.3 is 0 Å². The second-order valence-corrected chi connectivity index (χ2v) is 4.94. The van der Waals surface area contributed by atoms with Crippen LogP contribution in [0.15, 0.2) is 67.5 Å². The molecular weight excluding hydrogens is 294 g/mol. The van der Waals surface area contributed by atoms with Crippen molar-refractivity contribution in [1.29, 1.82) is 0 Å². The number of aromatic nitrogens is 2. The van der Waals surface area contributed by atoms with Gasteiger partial charge in [-0.1, -0.05) is 18.7 Å². The van der Waals surface area contributed by atoms with Crippen LogP contribution in [0, 0.1) is 10.1 Å². The van der Waals surface area contributed by atoms with E-state index in [0.717, 1.165) is 5.69 Å². The molecule has 0 aliphatic rings. The number of aliphatic hydroxyl groups excluding tert-OH is 1. The predicted molar refractivity (Wildman–Crippen MR) is 87.3 cm³/mol. The molecule has 1 heterocycles. The number of nitro benzene ring substituents is 1. The minimum atomic E-state index is -0.408. The number of nitrogens with zero attached hydrogens (tertiary/aromatic N) is 3. The molecule has 1 aromatic heterocycles. The highest BCUT2D eigenvalue weighted by atomic mass is 16.6. The molecule has 0 atom stereocenters. The van der Waals surface area contributed by atoms with Gasteiger partial charge in [-0.2, -0.15) is 5.10 Å². The van der Waals surface area contributed by atoms with Crippen LogP contribution in [0.2, 0.25) is 0 Å². The molecule has 3 aromatic rings. The third-order valence-corrected chi connectivity index (χ3v) is 3.46. The Kier molecular flexibility index (Phi) is 3.64. The Labute approximate surface area is 132 Å². The summed E-state index contributed by atoms with van der Waals surface area (Å²) in [7, 11) is 0. The van der Waals surface area contributed by atoms with Gasteiger partial charge in [0.1, 0.15) is 5.76 Å². The van der Waals surface area contributed by atoms with Crippen LogP contribution in [-0.2, 0) is 0 Å². The highest BCUT2D eigenvalue weighted by Crippen LogP contribution is 2.29. The molecule has 6 nitrogen and oxygen atoms in total. The van der Waals surface area contributed by atoms with E-state index in [0.29, 0.717) is 16.7 Å². The minimum Gasteiger partial charge on any atom is -0.508 e. The van der Waals surface area contributed by atoms with Gasteiger partial charge < -0.3 is 5.11 Å². The highest BCUT2D eigenvalue weighted by molar-refractivity contribution is 5.72. The first-order valence-corrected chi connectivity index (χ1v) is 6.83. The van der Waals surface area contributed by atoms with Crippen LogP contribution in [-0.4, -0.2) is 19.8 Å². The number of para-hydroxylation sites is 1. The van der Waals surface area contributed by atoms with Gasteiger partial charge in [0.2, 0.25) is 0 Å². The Balaban J connectivity index is 1.98. The summed E-state index contributed by atoms with van der Waals surface area (Å²) in [6.07, 6.45) is 3.31. The molecule has 2 aromatic carbocycles. The lowest BCUT2D eigenvalue weighted by atomic mass is 10.1. The summed E-state index contributed by atoms with van der Waals surface area (Å²) in [5.41, 5.74) is 2.62. The molecule has 114 valence electrons. The molecule has 0 bridgehead atoms. The summed E-state index contributed by atoms with van der Waals surface area (Å²) in [4.78, 5) is 10.7. The van der Waals surface area contributed by atoms with E-state index in [9.17, 15) is 15.2 Å². The Morgan fingerprint density at radius 1 is 1.17 bits per heavy atom. The summed E-state index contributed by atoms with van der Waals surface area (Å²) in [5, 5.41) is 24.7. The van der Waals surface area contributed by atoms with Crippen molar-refractivity contribution in [2.45, 2.75) is 0 Å². The highest BCUT2D eigenvalue weighted by Gasteiger charge is 2.15. The quantitative estimate of drug-likeness (QED) is 0.449. The molecule has 1 N–H and O–H groups in total. The Morgan fingerprint density at radius 3 is 2.52 bits per heavy atom. The molecule has 6 heteroatoms. The molecule has 0 fully saturated rings. The maximum absolute atomic E-state index is 11.1. The zero-order chi connectivity index (χ0) is 16.4. The average molecular weight is 307 g/mol. The molecule has 0 spiro atoms.